The molecule has 0 spiro atoms. The first-order valence-electron chi connectivity index (χ1n) is 4.94. The lowest BCUT2D eigenvalue weighted by Gasteiger charge is -2.17. The van der Waals surface area contributed by atoms with Crippen LogP contribution in [-0.4, -0.2) is 16.4 Å². The molecule has 0 aliphatic heterocycles. The first-order valence-corrected chi connectivity index (χ1v) is 4.94. The smallest absolute Gasteiger partial charge is 0.285 e. The summed E-state index contributed by atoms with van der Waals surface area (Å²) in [6.07, 6.45) is 0. The number of hydrogen-bond donors (Lipinski definition) is 1. The summed E-state index contributed by atoms with van der Waals surface area (Å²) in [4.78, 5) is 21.6. The number of carbonyl (C=O) groups excluding carboxylic acids is 1. The number of nitrogens with zero attached hydrogens (tertiary/aromatic N) is 2. The normalized spacial score (nSPS) is 10.6. The molecule has 0 atom stereocenters. The Morgan fingerprint density at radius 2 is 2.17 bits per heavy atom. The van der Waals surface area contributed by atoms with E-state index in [1.165, 1.54) is 13.8 Å². The van der Waals surface area contributed by atoms with E-state index in [0.29, 0.717) is 6.07 Å². The highest BCUT2D eigenvalue weighted by molar-refractivity contribution is 5.98. The van der Waals surface area contributed by atoms with Crippen molar-refractivity contribution in [3.8, 4) is 6.07 Å². The predicted octanol–water partition coefficient (Wildman–Crippen LogP) is 1.77. The van der Waals surface area contributed by atoms with Crippen molar-refractivity contribution in [2.45, 2.75) is 19.4 Å². The number of nitro benzene ring substituents is 1. The minimum absolute atomic E-state index is 0.287. The summed E-state index contributed by atoms with van der Waals surface area (Å²) >= 11 is 0. The van der Waals surface area contributed by atoms with Crippen molar-refractivity contribution in [1.29, 1.82) is 5.26 Å². The molecular weight excluding hydrogens is 241 g/mol. The molecule has 94 valence electrons. The fourth-order valence-electron chi connectivity index (χ4n) is 1.23. The van der Waals surface area contributed by atoms with Crippen LogP contribution in [0.2, 0.25) is 0 Å². The molecule has 1 N–H and O–H groups in total. The van der Waals surface area contributed by atoms with Gasteiger partial charge in [-0.3, -0.25) is 14.9 Å². The van der Waals surface area contributed by atoms with Crippen LogP contribution in [0.3, 0.4) is 0 Å². The summed E-state index contributed by atoms with van der Waals surface area (Å²) in [5, 5.41) is 21.8. The number of amides is 1. The van der Waals surface area contributed by atoms with Crippen LogP contribution in [0.1, 0.15) is 24.2 Å². The summed E-state index contributed by atoms with van der Waals surface area (Å²) in [5.41, 5.74) is -2.09. The van der Waals surface area contributed by atoms with Gasteiger partial charge in [0, 0.05) is 0 Å². The molecule has 0 unspecified atom stereocenters. The third-order valence-corrected chi connectivity index (χ3v) is 2.11. The maximum atomic E-state index is 12.9. The monoisotopic (exact) mass is 251 g/mol. The first-order chi connectivity index (χ1) is 8.26. The average molecular weight is 251 g/mol. The maximum Gasteiger partial charge on any atom is 0.285 e. The van der Waals surface area contributed by atoms with Crippen LogP contribution in [0.15, 0.2) is 18.2 Å². The van der Waals surface area contributed by atoms with Gasteiger partial charge in [0.25, 0.3) is 11.6 Å². The summed E-state index contributed by atoms with van der Waals surface area (Å²) in [7, 11) is 0. The van der Waals surface area contributed by atoms with Crippen LogP contribution in [0.25, 0.3) is 0 Å². The average Bonchev–Trinajstić information content (AvgIpc) is 2.28. The molecule has 0 heterocycles. The second kappa shape index (κ2) is 4.79. The number of hydrogen-bond acceptors (Lipinski definition) is 4. The van der Waals surface area contributed by atoms with Crippen LogP contribution in [0, 0.1) is 27.3 Å². The van der Waals surface area contributed by atoms with E-state index in [2.05, 4.69) is 5.32 Å². The zero-order chi connectivity index (χ0) is 13.9. The van der Waals surface area contributed by atoms with Crippen LogP contribution in [0.4, 0.5) is 10.1 Å². The molecular formula is C11H10FN3O3. The fraction of sp³-hybridized carbons (Fsp3) is 0.273. The van der Waals surface area contributed by atoms with Crippen molar-refractivity contribution in [2.24, 2.45) is 0 Å². The van der Waals surface area contributed by atoms with Gasteiger partial charge in [-0.05, 0) is 26.0 Å². The van der Waals surface area contributed by atoms with E-state index in [0.717, 1.165) is 12.1 Å². The van der Waals surface area contributed by atoms with E-state index in [1.54, 1.807) is 0 Å². The van der Waals surface area contributed by atoms with Crippen molar-refractivity contribution in [3.63, 3.8) is 0 Å². The Balaban J connectivity index is 3.15. The Kier molecular flexibility index (Phi) is 3.61. The quantitative estimate of drug-likeness (QED) is 0.654. The highest BCUT2D eigenvalue weighted by atomic mass is 19.1. The van der Waals surface area contributed by atoms with Crippen LogP contribution >= 0.6 is 0 Å². The number of halogens is 1. The van der Waals surface area contributed by atoms with Crippen LogP contribution in [-0.2, 0) is 0 Å². The van der Waals surface area contributed by atoms with Gasteiger partial charge in [0.2, 0.25) is 0 Å². The van der Waals surface area contributed by atoms with Gasteiger partial charge in [-0.25, -0.2) is 4.39 Å². The molecule has 6 nitrogen and oxygen atoms in total. The molecule has 0 bridgehead atoms. The molecule has 0 radical (unpaired) electrons. The van der Waals surface area contributed by atoms with Gasteiger partial charge >= 0.3 is 0 Å². The summed E-state index contributed by atoms with van der Waals surface area (Å²) in [6, 6.07) is 4.44. The van der Waals surface area contributed by atoms with Gasteiger partial charge in [0.15, 0.2) is 0 Å². The largest absolute Gasteiger partial charge is 0.334 e. The molecule has 18 heavy (non-hydrogen) atoms. The second-order valence-electron chi connectivity index (χ2n) is 4.11. The molecule has 1 aromatic carbocycles. The van der Waals surface area contributed by atoms with Gasteiger partial charge < -0.3 is 5.32 Å². The molecule has 0 saturated heterocycles. The highest BCUT2D eigenvalue weighted by Gasteiger charge is 2.26. The molecule has 1 aromatic rings. The zero-order valence-electron chi connectivity index (χ0n) is 9.73. The summed E-state index contributed by atoms with van der Waals surface area (Å²) in [5.74, 6) is -1.61. The van der Waals surface area contributed by atoms with E-state index < -0.39 is 27.9 Å². The number of benzene rings is 1. The van der Waals surface area contributed by atoms with E-state index in [-0.39, 0.29) is 5.56 Å². The van der Waals surface area contributed by atoms with E-state index in [4.69, 9.17) is 5.26 Å². The molecule has 0 saturated carbocycles. The Morgan fingerprint density at radius 3 is 2.67 bits per heavy atom. The lowest BCUT2D eigenvalue weighted by atomic mass is 10.1. The Hall–Kier alpha value is -2.49. The van der Waals surface area contributed by atoms with E-state index in [9.17, 15) is 19.3 Å². The molecule has 1 amide bonds. The minimum atomic E-state index is -1.17. The van der Waals surface area contributed by atoms with Gasteiger partial charge in [0.05, 0.1) is 17.1 Å². The second-order valence-corrected chi connectivity index (χ2v) is 4.11. The maximum absolute atomic E-state index is 12.9. The first kappa shape index (κ1) is 13.6. The SMILES string of the molecule is CC(C)(C#N)NC(=O)c1ccc(F)cc1[N+](=O)[O-]. The molecule has 7 heteroatoms. The van der Waals surface area contributed by atoms with Crippen molar-refractivity contribution >= 4 is 11.6 Å². The van der Waals surface area contributed by atoms with Gasteiger partial charge in [-0.2, -0.15) is 5.26 Å². The van der Waals surface area contributed by atoms with Crippen molar-refractivity contribution in [3.05, 3.63) is 39.7 Å². The number of rotatable bonds is 3. The fourth-order valence-corrected chi connectivity index (χ4v) is 1.23. The third-order valence-electron chi connectivity index (χ3n) is 2.11. The number of nitriles is 1. The number of carbonyl (C=O) groups is 1. The molecule has 1 rings (SSSR count). The molecule has 0 aliphatic rings. The summed E-state index contributed by atoms with van der Waals surface area (Å²) < 4.78 is 12.9. The third kappa shape index (κ3) is 3.01. The molecule has 0 fully saturated rings. The number of nitro groups is 1. The Labute approximate surface area is 102 Å². The van der Waals surface area contributed by atoms with Gasteiger partial charge in [0.1, 0.15) is 16.9 Å². The Bertz CT molecular complexity index is 549. The van der Waals surface area contributed by atoms with Crippen molar-refractivity contribution in [1.82, 2.24) is 5.32 Å². The topological polar surface area (TPSA) is 96.0 Å². The summed E-state index contributed by atoms with van der Waals surface area (Å²) in [6.45, 7) is 2.89. The Morgan fingerprint density at radius 1 is 1.56 bits per heavy atom. The lowest BCUT2D eigenvalue weighted by Crippen LogP contribution is -2.42. The van der Waals surface area contributed by atoms with Crippen LogP contribution in [0.5, 0.6) is 0 Å². The molecule has 0 aromatic heterocycles. The van der Waals surface area contributed by atoms with Crippen LogP contribution < -0.4 is 5.32 Å². The highest BCUT2D eigenvalue weighted by Crippen LogP contribution is 2.20. The van der Waals surface area contributed by atoms with Gasteiger partial charge in [-0.1, -0.05) is 0 Å². The van der Waals surface area contributed by atoms with E-state index >= 15 is 0 Å². The number of nitrogens with one attached hydrogen (secondary N) is 1. The predicted molar refractivity (Wildman–Crippen MR) is 60.2 cm³/mol. The van der Waals surface area contributed by atoms with Crippen molar-refractivity contribution < 1.29 is 14.1 Å². The standard InChI is InChI=1S/C11H10FN3O3/c1-11(2,6-13)14-10(16)8-4-3-7(12)5-9(8)15(17)18/h3-5H,1-2H3,(H,14,16). The molecule has 0 aliphatic carbocycles. The van der Waals surface area contributed by atoms with Gasteiger partial charge in [-0.15, -0.1) is 0 Å². The minimum Gasteiger partial charge on any atom is -0.334 e. The van der Waals surface area contributed by atoms with Crippen molar-refractivity contribution in [2.75, 3.05) is 0 Å². The van der Waals surface area contributed by atoms with E-state index in [1.807, 2.05) is 6.07 Å². The lowest BCUT2D eigenvalue weighted by molar-refractivity contribution is -0.385. The zero-order valence-corrected chi connectivity index (χ0v) is 9.73.